The van der Waals surface area contributed by atoms with Crippen LogP contribution in [0.4, 0.5) is 0 Å². The zero-order valence-electron chi connectivity index (χ0n) is 18.5. The Morgan fingerprint density at radius 3 is 2.48 bits per heavy atom. The molecule has 0 spiro atoms. The standard InChI is InChI=1S/C19H29N3O.2C2H6/c1-5-8-17(9-6-2)13-22(7-3)14-18(20)15-23-19-10-16(4)11-21-12-19;2*1-2/h5-6,8-12,18H,1,7,13-15,20H2,2-4H3;2*1-2H3/b9-6-,17-8+;;. The summed E-state index contributed by atoms with van der Waals surface area (Å²) in [5.41, 5.74) is 8.52. The van der Waals surface area contributed by atoms with Gasteiger partial charge in [-0.25, -0.2) is 0 Å². The second-order valence-electron chi connectivity index (χ2n) is 5.57. The first kappa shape index (κ1) is 27.3. The number of aryl methyl sites for hydroxylation is 1. The van der Waals surface area contributed by atoms with Crippen LogP contribution in [0.25, 0.3) is 0 Å². The lowest BCUT2D eigenvalue weighted by Gasteiger charge is -2.24. The smallest absolute Gasteiger partial charge is 0.137 e. The molecule has 2 N–H and O–H groups in total. The summed E-state index contributed by atoms with van der Waals surface area (Å²) in [5.74, 6) is 0.768. The van der Waals surface area contributed by atoms with Gasteiger partial charge in [0.2, 0.25) is 0 Å². The van der Waals surface area contributed by atoms with E-state index in [1.165, 1.54) is 5.57 Å². The predicted octanol–water partition coefficient (Wildman–Crippen LogP) is 5.16. The minimum atomic E-state index is -0.0500. The Kier molecular flexibility index (Phi) is 19.1. The molecule has 1 heterocycles. The van der Waals surface area contributed by atoms with Crippen molar-refractivity contribution in [2.45, 2.75) is 54.5 Å². The van der Waals surface area contributed by atoms with Crippen molar-refractivity contribution in [2.24, 2.45) is 5.73 Å². The van der Waals surface area contributed by atoms with E-state index in [0.717, 1.165) is 30.9 Å². The van der Waals surface area contributed by atoms with Gasteiger partial charge in [-0.1, -0.05) is 65.5 Å². The van der Waals surface area contributed by atoms with E-state index >= 15 is 0 Å². The Labute approximate surface area is 167 Å². The van der Waals surface area contributed by atoms with E-state index in [1.54, 1.807) is 12.4 Å². The second-order valence-corrected chi connectivity index (χ2v) is 5.57. The summed E-state index contributed by atoms with van der Waals surface area (Å²) in [7, 11) is 0. The van der Waals surface area contributed by atoms with Crippen molar-refractivity contribution >= 4 is 0 Å². The van der Waals surface area contributed by atoms with E-state index in [1.807, 2.05) is 65.8 Å². The first-order chi connectivity index (χ1) is 13.1. The topological polar surface area (TPSA) is 51.4 Å². The summed E-state index contributed by atoms with van der Waals surface area (Å²) >= 11 is 0. The molecular formula is C23H41N3O. The monoisotopic (exact) mass is 375 g/mol. The summed E-state index contributed by atoms with van der Waals surface area (Å²) in [5, 5.41) is 0. The Balaban J connectivity index is 0. The molecular weight excluding hydrogens is 334 g/mol. The van der Waals surface area contributed by atoms with Gasteiger partial charge in [0.15, 0.2) is 0 Å². The number of nitrogens with two attached hydrogens (primary N) is 1. The molecule has 4 nitrogen and oxygen atoms in total. The molecule has 0 amide bonds. The molecule has 0 aliphatic heterocycles. The largest absolute Gasteiger partial charge is 0.490 e. The van der Waals surface area contributed by atoms with Crippen molar-refractivity contribution in [2.75, 3.05) is 26.2 Å². The number of nitrogens with zero attached hydrogens (tertiary/aromatic N) is 2. The van der Waals surface area contributed by atoms with Crippen LogP contribution in [0.3, 0.4) is 0 Å². The van der Waals surface area contributed by atoms with Crippen molar-refractivity contribution in [1.82, 2.24) is 9.88 Å². The van der Waals surface area contributed by atoms with Crippen LogP contribution in [0.2, 0.25) is 0 Å². The maximum absolute atomic E-state index is 6.21. The number of ether oxygens (including phenoxy) is 1. The van der Waals surface area contributed by atoms with Gasteiger partial charge in [-0.05, 0) is 37.6 Å². The Hall–Kier alpha value is -1.91. The number of hydrogen-bond acceptors (Lipinski definition) is 4. The normalized spacial score (nSPS) is 12.0. The molecule has 0 radical (unpaired) electrons. The van der Waals surface area contributed by atoms with Crippen molar-refractivity contribution < 1.29 is 4.74 Å². The highest BCUT2D eigenvalue weighted by atomic mass is 16.5. The van der Waals surface area contributed by atoms with E-state index in [4.69, 9.17) is 10.5 Å². The molecule has 1 aromatic heterocycles. The molecule has 27 heavy (non-hydrogen) atoms. The van der Waals surface area contributed by atoms with Crippen molar-refractivity contribution in [3.8, 4) is 5.75 Å². The average molecular weight is 376 g/mol. The highest BCUT2D eigenvalue weighted by Crippen LogP contribution is 2.10. The van der Waals surface area contributed by atoms with Gasteiger partial charge in [0, 0.05) is 19.3 Å². The number of allylic oxidation sites excluding steroid dienone is 3. The van der Waals surface area contributed by atoms with Crippen LogP contribution < -0.4 is 10.5 Å². The second kappa shape index (κ2) is 18.9. The van der Waals surface area contributed by atoms with E-state index in [0.29, 0.717) is 6.61 Å². The van der Waals surface area contributed by atoms with Gasteiger partial charge >= 0.3 is 0 Å². The number of hydrogen-bond donors (Lipinski definition) is 1. The molecule has 0 aliphatic rings. The molecule has 0 saturated carbocycles. The van der Waals surface area contributed by atoms with Gasteiger partial charge in [-0.15, -0.1) is 0 Å². The van der Waals surface area contributed by atoms with E-state index in [9.17, 15) is 0 Å². The summed E-state index contributed by atoms with van der Waals surface area (Å²) in [6.07, 6.45) is 11.5. The van der Waals surface area contributed by atoms with Gasteiger partial charge in [-0.2, -0.15) is 0 Å². The van der Waals surface area contributed by atoms with Gasteiger partial charge in [0.25, 0.3) is 0 Å². The summed E-state index contributed by atoms with van der Waals surface area (Å²) in [6, 6.07) is 1.92. The van der Waals surface area contributed by atoms with E-state index in [-0.39, 0.29) is 6.04 Å². The lowest BCUT2D eigenvalue weighted by molar-refractivity contribution is 0.228. The SMILES string of the molecule is C=C/C=C(\C=C/C)CN(CC)CC(N)COc1cncc(C)c1.CC.CC. The molecule has 1 unspecified atom stereocenters. The summed E-state index contributed by atoms with van der Waals surface area (Å²) in [4.78, 5) is 6.42. The predicted molar refractivity (Wildman–Crippen MR) is 120 cm³/mol. The molecule has 0 bridgehead atoms. The van der Waals surface area contributed by atoms with Crippen LogP contribution in [-0.4, -0.2) is 42.2 Å². The molecule has 1 atom stereocenters. The van der Waals surface area contributed by atoms with Gasteiger partial charge < -0.3 is 10.5 Å². The molecule has 154 valence electrons. The quantitative estimate of drug-likeness (QED) is 0.574. The molecule has 0 saturated heterocycles. The summed E-state index contributed by atoms with van der Waals surface area (Å²) in [6.45, 7) is 21.0. The minimum absolute atomic E-state index is 0.0500. The fourth-order valence-electron chi connectivity index (χ4n) is 2.28. The highest BCUT2D eigenvalue weighted by molar-refractivity contribution is 5.24. The number of aromatic nitrogens is 1. The third-order valence-electron chi connectivity index (χ3n) is 3.37. The molecule has 1 aromatic rings. The van der Waals surface area contributed by atoms with E-state index in [2.05, 4.69) is 29.5 Å². The zero-order chi connectivity index (χ0) is 21.1. The Bertz CT molecular complexity index is 538. The maximum atomic E-state index is 6.21. The highest BCUT2D eigenvalue weighted by Gasteiger charge is 2.11. The zero-order valence-corrected chi connectivity index (χ0v) is 18.5. The van der Waals surface area contributed by atoms with E-state index < -0.39 is 0 Å². The van der Waals surface area contributed by atoms with Crippen LogP contribution in [0.1, 0.15) is 47.1 Å². The fourth-order valence-corrected chi connectivity index (χ4v) is 2.28. The molecule has 0 fully saturated rings. The van der Waals surface area contributed by atoms with Crippen LogP contribution in [0.5, 0.6) is 5.75 Å². The fraction of sp³-hybridized carbons (Fsp3) is 0.522. The van der Waals surface area contributed by atoms with Crippen LogP contribution in [0, 0.1) is 6.92 Å². The minimum Gasteiger partial charge on any atom is -0.490 e. The molecule has 0 aromatic carbocycles. The number of pyridine rings is 1. The van der Waals surface area contributed by atoms with Crippen LogP contribution in [-0.2, 0) is 0 Å². The van der Waals surface area contributed by atoms with Gasteiger partial charge in [0.05, 0.1) is 12.2 Å². The molecule has 0 aliphatic carbocycles. The van der Waals surface area contributed by atoms with Crippen molar-refractivity contribution in [1.29, 1.82) is 0 Å². The maximum Gasteiger partial charge on any atom is 0.137 e. The van der Waals surface area contributed by atoms with Gasteiger partial charge in [-0.3, -0.25) is 9.88 Å². The Morgan fingerprint density at radius 1 is 1.30 bits per heavy atom. The Morgan fingerprint density at radius 2 is 1.96 bits per heavy atom. The third-order valence-corrected chi connectivity index (χ3v) is 3.37. The van der Waals surface area contributed by atoms with Crippen LogP contribution >= 0.6 is 0 Å². The van der Waals surface area contributed by atoms with Gasteiger partial charge in [0.1, 0.15) is 12.4 Å². The lowest BCUT2D eigenvalue weighted by Crippen LogP contribution is -2.41. The lowest BCUT2D eigenvalue weighted by atomic mass is 10.2. The van der Waals surface area contributed by atoms with Crippen LogP contribution in [0.15, 0.2) is 54.9 Å². The van der Waals surface area contributed by atoms with Crippen molar-refractivity contribution in [3.05, 3.63) is 60.5 Å². The first-order valence-electron chi connectivity index (χ1n) is 10.1. The average Bonchev–Trinajstić information content (AvgIpc) is 2.69. The molecule has 1 rings (SSSR count). The summed E-state index contributed by atoms with van der Waals surface area (Å²) < 4.78 is 5.74. The number of rotatable bonds is 10. The third kappa shape index (κ3) is 13.9. The molecule has 4 heteroatoms. The number of likely N-dealkylation sites (N-methyl/N-ethyl adjacent to an activating group) is 1. The first-order valence-corrected chi connectivity index (χ1v) is 10.1. The van der Waals surface area contributed by atoms with Crippen molar-refractivity contribution in [3.63, 3.8) is 0 Å².